The predicted molar refractivity (Wildman–Crippen MR) is 115 cm³/mol. The quantitative estimate of drug-likeness (QED) is 0.491. The number of hydrogen-bond acceptors (Lipinski definition) is 6. The molecule has 31 heavy (non-hydrogen) atoms. The lowest BCUT2D eigenvalue weighted by Crippen LogP contribution is -2.04. The third kappa shape index (κ3) is 5.85. The van der Waals surface area contributed by atoms with E-state index in [0.717, 1.165) is 22.4 Å². The Hall–Kier alpha value is -3.80. The number of carbonyl (C=O) groups is 2. The maximum absolute atomic E-state index is 11.7. The van der Waals surface area contributed by atoms with E-state index in [1.807, 2.05) is 37.3 Å². The highest BCUT2D eigenvalue weighted by Crippen LogP contribution is 2.25. The minimum absolute atomic E-state index is 0.324. The molecule has 0 amide bonds. The summed E-state index contributed by atoms with van der Waals surface area (Å²) in [6.07, 6.45) is 0. The summed E-state index contributed by atoms with van der Waals surface area (Å²) >= 11 is 0. The predicted octanol–water partition coefficient (Wildman–Crippen LogP) is 4.73. The Morgan fingerprint density at radius 1 is 0.710 bits per heavy atom. The van der Waals surface area contributed by atoms with Crippen molar-refractivity contribution in [2.75, 3.05) is 14.2 Å². The number of aryl methyl sites for hydroxylation is 1. The van der Waals surface area contributed by atoms with Crippen LogP contribution >= 0.6 is 0 Å². The molecule has 0 saturated heterocycles. The molecule has 0 aromatic heterocycles. The number of esters is 2. The van der Waals surface area contributed by atoms with Crippen LogP contribution in [0.1, 0.15) is 37.4 Å². The SMILES string of the molecule is COC(=O)c1cccc(COc2ccc(OCc3cccc(C(=O)OC)c3)c(C)c2)c1. The van der Waals surface area contributed by atoms with Gasteiger partial charge in [-0.2, -0.15) is 0 Å². The maximum Gasteiger partial charge on any atom is 0.337 e. The number of ether oxygens (including phenoxy) is 4. The van der Waals surface area contributed by atoms with E-state index < -0.39 is 0 Å². The largest absolute Gasteiger partial charge is 0.489 e. The highest BCUT2D eigenvalue weighted by atomic mass is 16.5. The molecule has 0 bridgehead atoms. The van der Waals surface area contributed by atoms with Crippen LogP contribution in [-0.4, -0.2) is 26.2 Å². The van der Waals surface area contributed by atoms with E-state index in [1.54, 1.807) is 36.4 Å². The first-order chi connectivity index (χ1) is 15.0. The summed E-state index contributed by atoms with van der Waals surface area (Å²) in [5, 5.41) is 0. The van der Waals surface area contributed by atoms with Gasteiger partial charge in [-0.05, 0) is 66.1 Å². The van der Waals surface area contributed by atoms with Gasteiger partial charge < -0.3 is 18.9 Å². The van der Waals surface area contributed by atoms with Crippen molar-refractivity contribution in [1.29, 1.82) is 0 Å². The van der Waals surface area contributed by atoms with Crippen molar-refractivity contribution >= 4 is 11.9 Å². The molecule has 0 aliphatic rings. The molecule has 0 N–H and O–H groups in total. The third-order valence-corrected chi connectivity index (χ3v) is 4.64. The van der Waals surface area contributed by atoms with Gasteiger partial charge in [0.2, 0.25) is 0 Å². The van der Waals surface area contributed by atoms with E-state index in [0.29, 0.717) is 30.1 Å². The summed E-state index contributed by atoms with van der Waals surface area (Å²) in [5.41, 5.74) is 3.63. The fraction of sp³-hybridized carbons (Fsp3) is 0.200. The first-order valence-corrected chi connectivity index (χ1v) is 9.71. The van der Waals surface area contributed by atoms with Gasteiger partial charge in [-0.3, -0.25) is 0 Å². The van der Waals surface area contributed by atoms with Crippen molar-refractivity contribution in [2.45, 2.75) is 20.1 Å². The lowest BCUT2D eigenvalue weighted by Gasteiger charge is -2.12. The maximum atomic E-state index is 11.7. The average Bonchev–Trinajstić information content (AvgIpc) is 2.81. The number of benzene rings is 3. The zero-order valence-electron chi connectivity index (χ0n) is 17.7. The minimum atomic E-state index is -0.378. The van der Waals surface area contributed by atoms with Crippen molar-refractivity contribution in [1.82, 2.24) is 0 Å². The van der Waals surface area contributed by atoms with Gasteiger partial charge in [0.25, 0.3) is 0 Å². The molecule has 6 nitrogen and oxygen atoms in total. The van der Waals surface area contributed by atoms with Crippen LogP contribution in [0, 0.1) is 6.92 Å². The average molecular weight is 420 g/mol. The standard InChI is InChI=1S/C25H24O6/c1-17-12-22(30-15-18-6-4-8-20(13-18)24(26)28-2)10-11-23(17)31-16-19-7-5-9-21(14-19)25(27)29-3/h4-14H,15-16H2,1-3H3. The normalized spacial score (nSPS) is 10.3. The molecular formula is C25H24O6. The lowest BCUT2D eigenvalue weighted by atomic mass is 10.1. The van der Waals surface area contributed by atoms with E-state index >= 15 is 0 Å². The molecule has 0 atom stereocenters. The summed E-state index contributed by atoms with van der Waals surface area (Å²) in [6, 6.07) is 19.8. The first kappa shape index (κ1) is 21.9. The Kier molecular flexibility index (Phi) is 7.27. The van der Waals surface area contributed by atoms with Crippen LogP contribution in [-0.2, 0) is 22.7 Å². The molecule has 0 saturated carbocycles. The molecule has 0 aliphatic carbocycles. The highest BCUT2D eigenvalue weighted by Gasteiger charge is 2.09. The second kappa shape index (κ2) is 10.3. The van der Waals surface area contributed by atoms with Crippen molar-refractivity contribution in [2.24, 2.45) is 0 Å². The first-order valence-electron chi connectivity index (χ1n) is 9.71. The molecule has 3 rings (SSSR count). The summed E-state index contributed by atoms with van der Waals surface area (Å²) in [6.45, 7) is 2.59. The second-order valence-corrected chi connectivity index (χ2v) is 6.89. The number of carbonyl (C=O) groups excluding carboxylic acids is 2. The highest BCUT2D eigenvalue weighted by molar-refractivity contribution is 5.89. The fourth-order valence-electron chi connectivity index (χ4n) is 3.01. The molecule has 0 radical (unpaired) electrons. The van der Waals surface area contributed by atoms with Gasteiger partial charge >= 0.3 is 11.9 Å². The van der Waals surface area contributed by atoms with Gasteiger partial charge in [0, 0.05) is 0 Å². The smallest absolute Gasteiger partial charge is 0.337 e. The van der Waals surface area contributed by atoms with E-state index in [9.17, 15) is 9.59 Å². The van der Waals surface area contributed by atoms with Crippen LogP contribution in [0.4, 0.5) is 0 Å². The van der Waals surface area contributed by atoms with E-state index in [4.69, 9.17) is 18.9 Å². The zero-order valence-corrected chi connectivity index (χ0v) is 17.7. The van der Waals surface area contributed by atoms with E-state index in [1.165, 1.54) is 14.2 Å². The molecule has 6 heteroatoms. The summed E-state index contributed by atoms with van der Waals surface area (Å²) in [5.74, 6) is 0.664. The van der Waals surface area contributed by atoms with Crippen LogP contribution in [0.25, 0.3) is 0 Å². The molecule has 0 aliphatic heterocycles. The number of rotatable bonds is 8. The van der Waals surface area contributed by atoms with Crippen LogP contribution in [0.3, 0.4) is 0 Å². The summed E-state index contributed by atoms with van der Waals surface area (Å²) in [7, 11) is 2.71. The molecule has 0 fully saturated rings. The van der Waals surface area contributed by atoms with Crippen LogP contribution in [0.5, 0.6) is 11.5 Å². The number of methoxy groups -OCH3 is 2. The van der Waals surface area contributed by atoms with Crippen molar-refractivity contribution in [3.63, 3.8) is 0 Å². The Morgan fingerprint density at radius 3 is 1.77 bits per heavy atom. The second-order valence-electron chi connectivity index (χ2n) is 6.89. The van der Waals surface area contributed by atoms with Crippen molar-refractivity contribution < 1.29 is 28.5 Å². The fourth-order valence-corrected chi connectivity index (χ4v) is 3.01. The minimum Gasteiger partial charge on any atom is -0.489 e. The van der Waals surface area contributed by atoms with Gasteiger partial charge in [0.1, 0.15) is 24.7 Å². The van der Waals surface area contributed by atoms with Crippen LogP contribution in [0.2, 0.25) is 0 Å². The van der Waals surface area contributed by atoms with Gasteiger partial charge in [0.05, 0.1) is 25.3 Å². The Balaban J connectivity index is 1.60. The van der Waals surface area contributed by atoms with Gasteiger partial charge in [-0.1, -0.05) is 24.3 Å². The molecule has 0 unspecified atom stereocenters. The van der Waals surface area contributed by atoms with Crippen molar-refractivity contribution in [3.8, 4) is 11.5 Å². The molecule has 3 aromatic rings. The van der Waals surface area contributed by atoms with Crippen LogP contribution < -0.4 is 9.47 Å². The molecule has 0 heterocycles. The zero-order chi connectivity index (χ0) is 22.2. The topological polar surface area (TPSA) is 71.1 Å². The van der Waals surface area contributed by atoms with E-state index in [2.05, 4.69) is 0 Å². The lowest BCUT2D eigenvalue weighted by molar-refractivity contribution is 0.0591. The van der Waals surface area contributed by atoms with Gasteiger partial charge in [0.15, 0.2) is 0 Å². The molecule has 160 valence electrons. The Labute approximate surface area is 181 Å². The Morgan fingerprint density at radius 2 is 1.26 bits per heavy atom. The Bertz CT molecular complexity index is 1070. The van der Waals surface area contributed by atoms with Gasteiger partial charge in [-0.25, -0.2) is 9.59 Å². The molecule has 3 aromatic carbocycles. The third-order valence-electron chi connectivity index (χ3n) is 4.64. The van der Waals surface area contributed by atoms with Crippen molar-refractivity contribution in [3.05, 3.63) is 94.5 Å². The molecule has 0 spiro atoms. The van der Waals surface area contributed by atoms with E-state index in [-0.39, 0.29) is 11.9 Å². The number of hydrogen-bond donors (Lipinski definition) is 0. The monoisotopic (exact) mass is 420 g/mol. The summed E-state index contributed by atoms with van der Waals surface area (Å²) < 4.78 is 21.3. The molecular weight excluding hydrogens is 396 g/mol. The van der Waals surface area contributed by atoms with Gasteiger partial charge in [-0.15, -0.1) is 0 Å². The van der Waals surface area contributed by atoms with Crippen LogP contribution in [0.15, 0.2) is 66.7 Å². The summed E-state index contributed by atoms with van der Waals surface area (Å²) in [4.78, 5) is 23.3.